The predicted molar refractivity (Wildman–Crippen MR) is 88.5 cm³/mol. The first-order valence-electron chi connectivity index (χ1n) is 7.58. The van der Waals surface area contributed by atoms with E-state index in [9.17, 15) is 0 Å². The summed E-state index contributed by atoms with van der Waals surface area (Å²) in [5, 5.41) is 11.6. The van der Waals surface area contributed by atoms with E-state index in [1.807, 2.05) is 30.3 Å². The van der Waals surface area contributed by atoms with Gasteiger partial charge in [0.05, 0.1) is 23.8 Å². The quantitative estimate of drug-likeness (QED) is 0.545. The van der Waals surface area contributed by atoms with Crippen molar-refractivity contribution in [2.75, 3.05) is 7.11 Å². The van der Waals surface area contributed by atoms with E-state index in [2.05, 4.69) is 25.5 Å². The number of para-hydroxylation sites is 2. The molecule has 0 radical (unpaired) electrons. The van der Waals surface area contributed by atoms with Crippen LogP contribution in [0.5, 0.6) is 11.8 Å². The SMILES string of the molecule is COc1ccnc(COc2nc3ccccc3n2-c2nnnn2C)c1. The molecule has 126 valence electrons. The molecule has 0 aliphatic carbocycles. The van der Waals surface area contributed by atoms with Crippen LogP contribution >= 0.6 is 0 Å². The molecule has 4 aromatic rings. The number of aromatic nitrogens is 7. The van der Waals surface area contributed by atoms with Crippen molar-refractivity contribution in [3.05, 3.63) is 48.3 Å². The van der Waals surface area contributed by atoms with Gasteiger partial charge in [0.15, 0.2) is 0 Å². The molecule has 0 amide bonds. The fraction of sp³-hybridized carbons (Fsp3) is 0.188. The second-order valence-electron chi connectivity index (χ2n) is 5.30. The monoisotopic (exact) mass is 337 g/mol. The Balaban J connectivity index is 1.73. The molecule has 0 saturated carbocycles. The summed E-state index contributed by atoms with van der Waals surface area (Å²) in [4.78, 5) is 8.82. The van der Waals surface area contributed by atoms with Gasteiger partial charge in [0.1, 0.15) is 12.4 Å². The number of imidazole rings is 1. The van der Waals surface area contributed by atoms with E-state index in [0.717, 1.165) is 22.5 Å². The van der Waals surface area contributed by atoms with Crippen LogP contribution in [0.3, 0.4) is 0 Å². The zero-order chi connectivity index (χ0) is 17.2. The maximum Gasteiger partial charge on any atom is 0.305 e. The maximum absolute atomic E-state index is 5.91. The Labute approximate surface area is 142 Å². The van der Waals surface area contributed by atoms with E-state index in [4.69, 9.17) is 9.47 Å². The minimum Gasteiger partial charge on any atom is -0.497 e. The Kier molecular flexibility index (Phi) is 3.73. The van der Waals surface area contributed by atoms with Gasteiger partial charge in [-0.25, -0.2) is 9.25 Å². The van der Waals surface area contributed by atoms with Gasteiger partial charge in [0, 0.05) is 19.3 Å². The zero-order valence-corrected chi connectivity index (χ0v) is 13.7. The number of pyridine rings is 1. The maximum atomic E-state index is 5.91. The number of nitrogens with zero attached hydrogens (tertiary/aromatic N) is 7. The summed E-state index contributed by atoms with van der Waals surface area (Å²) in [5.74, 6) is 1.24. The van der Waals surface area contributed by atoms with Gasteiger partial charge in [0.2, 0.25) is 0 Å². The number of hydrogen-bond donors (Lipinski definition) is 0. The predicted octanol–water partition coefficient (Wildman–Crippen LogP) is 1.53. The molecule has 9 nitrogen and oxygen atoms in total. The third-order valence-electron chi connectivity index (χ3n) is 3.70. The molecule has 0 spiro atoms. The van der Waals surface area contributed by atoms with Gasteiger partial charge in [-0.1, -0.05) is 17.2 Å². The van der Waals surface area contributed by atoms with Crippen LogP contribution in [0.15, 0.2) is 42.6 Å². The van der Waals surface area contributed by atoms with Gasteiger partial charge in [0.25, 0.3) is 5.95 Å². The second kappa shape index (κ2) is 6.19. The van der Waals surface area contributed by atoms with Gasteiger partial charge in [-0.15, -0.1) is 0 Å². The summed E-state index contributed by atoms with van der Waals surface area (Å²) in [6, 6.07) is 11.7. The van der Waals surface area contributed by atoms with Crippen molar-refractivity contribution in [2.24, 2.45) is 7.05 Å². The third-order valence-corrected chi connectivity index (χ3v) is 3.70. The molecule has 1 aromatic carbocycles. The topological polar surface area (TPSA) is 92.8 Å². The van der Waals surface area contributed by atoms with Crippen LogP contribution < -0.4 is 9.47 Å². The highest BCUT2D eigenvalue weighted by molar-refractivity contribution is 5.78. The van der Waals surface area contributed by atoms with Crippen LogP contribution in [-0.2, 0) is 13.7 Å². The Morgan fingerprint density at radius 3 is 2.84 bits per heavy atom. The molecule has 0 fully saturated rings. The summed E-state index contributed by atoms with van der Waals surface area (Å²) in [6.45, 7) is 0.242. The molecule has 3 heterocycles. The Morgan fingerprint density at radius 1 is 1.16 bits per heavy atom. The van der Waals surface area contributed by atoms with Crippen molar-refractivity contribution in [1.29, 1.82) is 0 Å². The Bertz CT molecular complexity index is 1020. The lowest BCUT2D eigenvalue weighted by atomic mass is 10.3. The first-order chi connectivity index (χ1) is 12.3. The molecule has 0 N–H and O–H groups in total. The number of rotatable bonds is 5. The van der Waals surface area contributed by atoms with Crippen LogP contribution in [-0.4, -0.2) is 41.9 Å². The van der Waals surface area contributed by atoms with Crippen LogP contribution in [0.1, 0.15) is 5.69 Å². The van der Waals surface area contributed by atoms with E-state index in [0.29, 0.717) is 12.0 Å². The van der Waals surface area contributed by atoms with Crippen LogP contribution in [0.2, 0.25) is 0 Å². The fourth-order valence-corrected chi connectivity index (χ4v) is 2.51. The summed E-state index contributed by atoms with van der Waals surface area (Å²) in [6.07, 6.45) is 1.67. The molecule has 0 aliphatic rings. The standard InChI is InChI=1S/C16H15N7O2/c1-22-15(19-20-21-22)23-14-6-4-3-5-13(14)18-16(23)25-10-11-9-12(24-2)7-8-17-11/h3-9H,10H2,1-2H3. The minimum absolute atomic E-state index is 0.242. The molecule has 3 aromatic heterocycles. The van der Waals surface area contributed by atoms with Crippen molar-refractivity contribution in [3.63, 3.8) is 0 Å². The lowest BCUT2D eigenvalue weighted by Crippen LogP contribution is -2.08. The summed E-state index contributed by atoms with van der Waals surface area (Å²) < 4.78 is 14.5. The number of fused-ring (bicyclic) bond motifs is 1. The van der Waals surface area contributed by atoms with Gasteiger partial charge < -0.3 is 9.47 Å². The third kappa shape index (κ3) is 2.75. The van der Waals surface area contributed by atoms with Gasteiger partial charge in [-0.05, 0) is 28.6 Å². The molecule has 0 atom stereocenters. The Hall–Kier alpha value is -3.49. The fourth-order valence-electron chi connectivity index (χ4n) is 2.51. The molecule has 9 heteroatoms. The normalized spacial score (nSPS) is 11.0. The first-order valence-corrected chi connectivity index (χ1v) is 7.58. The lowest BCUT2D eigenvalue weighted by molar-refractivity contribution is 0.271. The van der Waals surface area contributed by atoms with E-state index in [-0.39, 0.29) is 6.61 Å². The summed E-state index contributed by atoms with van der Waals surface area (Å²) in [5.41, 5.74) is 2.38. The van der Waals surface area contributed by atoms with Crippen LogP contribution in [0.4, 0.5) is 0 Å². The first kappa shape index (κ1) is 15.1. The molecular weight excluding hydrogens is 322 g/mol. The number of aryl methyl sites for hydroxylation is 1. The second-order valence-corrected chi connectivity index (χ2v) is 5.30. The van der Waals surface area contributed by atoms with Gasteiger partial charge in [-0.3, -0.25) is 4.98 Å². The van der Waals surface area contributed by atoms with Crippen molar-refractivity contribution in [1.82, 2.24) is 34.7 Å². The molecule has 0 unspecified atom stereocenters. The summed E-state index contributed by atoms with van der Waals surface area (Å²) in [7, 11) is 3.37. The molecule has 0 saturated heterocycles. The molecular formula is C16H15N7O2. The largest absolute Gasteiger partial charge is 0.497 e. The van der Waals surface area contributed by atoms with E-state index < -0.39 is 0 Å². The zero-order valence-electron chi connectivity index (χ0n) is 13.7. The number of hydrogen-bond acceptors (Lipinski definition) is 7. The molecule has 0 bridgehead atoms. The number of methoxy groups -OCH3 is 1. The van der Waals surface area contributed by atoms with Crippen molar-refractivity contribution < 1.29 is 9.47 Å². The van der Waals surface area contributed by atoms with Crippen molar-refractivity contribution in [2.45, 2.75) is 6.61 Å². The lowest BCUT2D eigenvalue weighted by Gasteiger charge is -2.08. The number of ether oxygens (including phenoxy) is 2. The number of benzene rings is 1. The van der Waals surface area contributed by atoms with Crippen LogP contribution in [0.25, 0.3) is 17.0 Å². The summed E-state index contributed by atoms with van der Waals surface area (Å²) >= 11 is 0. The molecule has 25 heavy (non-hydrogen) atoms. The number of tetrazole rings is 1. The Morgan fingerprint density at radius 2 is 2.04 bits per heavy atom. The highest BCUT2D eigenvalue weighted by Gasteiger charge is 2.18. The molecule has 0 aliphatic heterocycles. The van der Waals surface area contributed by atoms with E-state index in [1.54, 1.807) is 35.7 Å². The van der Waals surface area contributed by atoms with Crippen molar-refractivity contribution >= 4 is 11.0 Å². The molecule has 4 rings (SSSR count). The van der Waals surface area contributed by atoms with Crippen LogP contribution in [0, 0.1) is 0 Å². The van der Waals surface area contributed by atoms with E-state index in [1.165, 1.54) is 0 Å². The average molecular weight is 337 g/mol. The minimum atomic E-state index is 0.242. The van der Waals surface area contributed by atoms with Gasteiger partial charge in [-0.2, -0.15) is 4.98 Å². The van der Waals surface area contributed by atoms with Gasteiger partial charge >= 0.3 is 6.01 Å². The van der Waals surface area contributed by atoms with Crippen molar-refractivity contribution in [3.8, 4) is 17.7 Å². The van der Waals surface area contributed by atoms with E-state index >= 15 is 0 Å². The highest BCUT2D eigenvalue weighted by Crippen LogP contribution is 2.25. The average Bonchev–Trinajstić information content (AvgIpc) is 3.22. The highest BCUT2D eigenvalue weighted by atomic mass is 16.5. The smallest absolute Gasteiger partial charge is 0.305 e.